The van der Waals surface area contributed by atoms with Gasteiger partial charge >= 0.3 is 0 Å². The molecule has 0 radical (unpaired) electrons. The molecule has 0 atom stereocenters. The largest absolute Gasteiger partial charge is 0.361 e. The summed E-state index contributed by atoms with van der Waals surface area (Å²) in [4.78, 5) is 3.38. The lowest BCUT2D eigenvalue weighted by Crippen LogP contribution is -2.46. The zero-order valence-electron chi connectivity index (χ0n) is 18.5. The number of hydrogen-bond acceptors (Lipinski definition) is 1. The maximum Gasteiger partial charge on any atom is 0.0731 e. The first-order valence-electron chi connectivity index (χ1n) is 11.4. The van der Waals surface area contributed by atoms with Crippen molar-refractivity contribution >= 4 is 22.5 Å². The maximum absolute atomic E-state index is 6.28. The summed E-state index contributed by atoms with van der Waals surface area (Å²) in [6, 6.07) is 38.3. The molecule has 0 amide bonds. The van der Waals surface area contributed by atoms with Gasteiger partial charge < -0.3 is 10.3 Å². The highest BCUT2D eigenvalue weighted by atomic mass is 35.5. The van der Waals surface area contributed by atoms with Gasteiger partial charge in [0, 0.05) is 28.7 Å². The van der Waals surface area contributed by atoms with Crippen molar-refractivity contribution in [2.75, 3.05) is 6.54 Å². The number of aromatic nitrogens is 1. The Bertz CT molecular complexity index is 1270. The Morgan fingerprint density at radius 2 is 1.33 bits per heavy atom. The van der Waals surface area contributed by atoms with Gasteiger partial charge in [-0.15, -0.1) is 0 Å². The smallest absolute Gasteiger partial charge is 0.0731 e. The van der Waals surface area contributed by atoms with E-state index in [0.717, 1.165) is 29.9 Å². The molecule has 164 valence electrons. The first-order chi connectivity index (χ1) is 16.2. The van der Waals surface area contributed by atoms with E-state index in [4.69, 9.17) is 11.6 Å². The second kappa shape index (κ2) is 9.66. The molecule has 0 aliphatic heterocycles. The summed E-state index contributed by atoms with van der Waals surface area (Å²) in [7, 11) is 0. The molecule has 0 unspecified atom stereocenters. The molecular formula is C30H27ClN2. The molecule has 0 spiro atoms. The highest BCUT2D eigenvalue weighted by Gasteiger charge is 2.33. The Labute approximate surface area is 200 Å². The van der Waals surface area contributed by atoms with E-state index in [9.17, 15) is 0 Å². The molecule has 0 fully saturated rings. The number of aromatic amines is 1. The van der Waals surface area contributed by atoms with Crippen molar-refractivity contribution in [2.45, 2.75) is 18.4 Å². The predicted molar refractivity (Wildman–Crippen MR) is 139 cm³/mol. The Hall–Kier alpha value is -3.33. The van der Waals surface area contributed by atoms with Crippen LogP contribution in [0.5, 0.6) is 0 Å². The third kappa shape index (κ3) is 4.59. The summed E-state index contributed by atoms with van der Waals surface area (Å²) in [5.74, 6) is 0. The molecule has 0 bridgehead atoms. The van der Waals surface area contributed by atoms with E-state index in [2.05, 4.69) is 107 Å². The first kappa shape index (κ1) is 21.5. The van der Waals surface area contributed by atoms with Crippen molar-refractivity contribution in [3.63, 3.8) is 0 Å². The summed E-state index contributed by atoms with van der Waals surface area (Å²) < 4.78 is 0. The summed E-state index contributed by atoms with van der Waals surface area (Å²) in [6.07, 6.45) is 3.87. The van der Waals surface area contributed by atoms with E-state index < -0.39 is 0 Å². The van der Waals surface area contributed by atoms with Crippen LogP contribution < -0.4 is 5.32 Å². The molecule has 5 aromatic rings. The van der Waals surface area contributed by atoms with E-state index in [-0.39, 0.29) is 5.54 Å². The van der Waals surface area contributed by atoms with Crippen LogP contribution in [0.15, 0.2) is 115 Å². The van der Waals surface area contributed by atoms with Gasteiger partial charge in [-0.1, -0.05) is 103 Å². The van der Waals surface area contributed by atoms with Gasteiger partial charge in [0.1, 0.15) is 0 Å². The number of rotatable bonds is 8. The van der Waals surface area contributed by atoms with Gasteiger partial charge in [0.05, 0.1) is 5.54 Å². The molecule has 2 nitrogen and oxygen atoms in total. The Morgan fingerprint density at radius 3 is 1.97 bits per heavy atom. The van der Waals surface area contributed by atoms with E-state index in [1.807, 2.05) is 18.2 Å². The molecule has 0 saturated carbocycles. The quantitative estimate of drug-likeness (QED) is 0.258. The number of benzene rings is 4. The Kier molecular flexibility index (Phi) is 6.30. The fourth-order valence-electron chi connectivity index (χ4n) is 4.75. The van der Waals surface area contributed by atoms with Crippen molar-refractivity contribution in [3.05, 3.63) is 143 Å². The summed E-state index contributed by atoms with van der Waals surface area (Å²) in [5.41, 5.74) is 5.89. The van der Waals surface area contributed by atoms with Crippen LogP contribution >= 0.6 is 11.6 Å². The second-order valence-corrected chi connectivity index (χ2v) is 8.92. The van der Waals surface area contributed by atoms with Gasteiger partial charge in [-0.2, -0.15) is 0 Å². The molecular weight excluding hydrogens is 424 g/mol. The van der Waals surface area contributed by atoms with Gasteiger partial charge in [0.15, 0.2) is 0 Å². The number of nitrogens with one attached hydrogen (secondary N) is 2. The van der Waals surface area contributed by atoms with Crippen LogP contribution in [0, 0.1) is 0 Å². The highest BCUT2D eigenvalue weighted by molar-refractivity contribution is 6.31. The van der Waals surface area contributed by atoms with Gasteiger partial charge in [0.2, 0.25) is 0 Å². The molecule has 0 aliphatic carbocycles. The fourth-order valence-corrected chi connectivity index (χ4v) is 4.92. The molecule has 0 saturated heterocycles. The Morgan fingerprint density at radius 1 is 0.727 bits per heavy atom. The summed E-state index contributed by atoms with van der Waals surface area (Å²) >= 11 is 6.28. The van der Waals surface area contributed by atoms with Crippen LogP contribution in [0.2, 0.25) is 5.02 Å². The second-order valence-electron chi connectivity index (χ2n) is 8.48. The summed E-state index contributed by atoms with van der Waals surface area (Å²) in [5, 5.41) is 5.94. The van der Waals surface area contributed by atoms with Crippen LogP contribution in [0.1, 0.15) is 22.3 Å². The molecule has 1 heterocycles. The van der Waals surface area contributed by atoms with Gasteiger partial charge in [-0.05, 0) is 53.3 Å². The van der Waals surface area contributed by atoms with E-state index in [1.54, 1.807) is 0 Å². The average molecular weight is 451 g/mol. The highest BCUT2D eigenvalue weighted by Crippen LogP contribution is 2.34. The molecule has 1 aromatic heterocycles. The zero-order chi connectivity index (χ0) is 22.5. The minimum atomic E-state index is -0.340. The van der Waals surface area contributed by atoms with Crippen LogP contribution in [0.4, 0.5) is 0 Å². The normalized spacial score (nSPS) is 11.7. The first-order valence-corrected chi connectivity index (χ1v) is 11.8. The van der Waals surface area contributed by atoms with Crippen LogP contribution in [-0.2, 0) is 18.4 Å². The van der Waals surface area contributed by atoms with Gasteiger partial charge in [-0.25, -0.2) is 0 Å². The van der Waals surface area contributed by atoms with Gasteiger partial charge in [-0.3, -0.25) is 0 Å². The average Bonchev–Trinajstić information content (AvgIpc) is 3.27. The molecule has 5 rings (SSSR count). The lowest BCUT2D eigenvalue weighted by atomic mass is 9.78. The fraction of sp³-hybridized carbons (Fsp3) is 0.133. The van der Waals surface area contributed by atoms with Crippen molar-refractivity contribution < 1.29 is 0 Å². The summed E-state index contributed by atoms with van der Waals surface area (Å²) in [6.45, 7) is 0.829. The van der Waals surface area contributed by atoms with Crippen LogP contribution in [-0.4, -0.2) is 11.5 Å². The maximum atomic E-state index is 6.28. The standard InChI is InChI=1S/C30H27ClN2/c31-27-16-17-29-28(20-27)24(22-32-29)18-19-33-30(25-12-6-2-7-13-25,26-14-8-3-9-15-26)21-23-10-4-1-5-11-23/h1-17,20,22,32-33H,18-19,21H2. The van der Waals surface area contributed by atoms with Crippen molar-refractivity contribution in [3.8, 4) is 0 Å². The third-order valence-electron chi connectivity index (χ3n) is 6.40. The topological polar surface area (TPSA) is 27.8 Å². The SMILES string of the molecule is Clc1ccc2[nH]cc(CCNC(Cc3ccccc3)(c3ccccc3)c3ccccc3)c2c1. The Balaban J connectivity index is 1.51. The lowest BCUT2D eigenvalue weighted by molar-refractivity contribution is 0.400. The minimum absolute atomic E-state index is 0.340. The van der Waals surface area contributed by atoms with Crippen molar-refractivity contribution in [1.82, 2.24) is 10.3 Å². The third-order valence-corrected chi connectivity index (χ3v) is 6.63. The van der Waals surface area contributed by atoms with E-state index in [0.29, 0.717) is 0 Å². The number of fused-ring (bicyclic) bond motifs is 1. The molecule has 0 aliphatic rings. The van der Waals surface area contributed by atoms with Crippen molar-refractivity contribution in [2.24, 2.45) is 0 Å². The predicted octanol–water partition coefficient (Wildman–Crippen LogP) is 7.14. The number of halogens is 1. The van der Waals surface area contributed by atoms with Crippen LogP contribution in [0.25, 0.3) is 10.9 Å². The minimum Gasteiger partial charge on any atom is -0.361 e. The number of hydrogen-bond donors (Lipinski definition) is 2. The molecule has 3 heteroatoms. The van der Waals surface area contributed by atoms with E-state index in [1.165, 1.54) is 27.6 Å². The monoisotopic (exact) mass is 450 g/mol. The molecule has 33 heavy (non-hydrogen) atoms. The van der Waals surface area contributed by atoms with Crippen LogP contribution in [0.3, 0.4) is 0 Å². The molecule has 2 N–H and O–H groups in total. The molecule has 4 aromatic carbocycles. The number of H-pyrrole nitrogens is 1. The van der Waals surface area contributed by atoms with Gasteiger partial charge in [0.25, 0.3) is 0 Å². The lowest BCUT2D eigenvalue weighted by Gasteiger charge is -2.37. The van der Waals surface area contributed by atoms with E-state index >= 15 is 0 Å². The zero-order valence-corrected chi connectivity index (χ0v) is 19.2. The van der Waals surface area contributed by atoms with Crippen molar-refractivity contribution in [1.29, 1.82) is 0 Å².